The molecule has 0 unspecified atom stereocenters. The minimum atomic E-state index is -0.100. The summed E-state index contributed by atoms with van der Waals surface area (Å²) in [6.45, 7) is 2.73. The maximum Gasteiger partial charge on any atom is 0.255 e. The fourth-order valence-corrected chi connectivity index (χ4v) is 2.25. The summed E-state index contributed by atoms with van der Waals surface area (Å²) in [5, 5.41) is 2.88. The van der Waals surface area contributed by atoms with Crippen LogP contribution >= 0.6 is 0 Å². The molecule has 110 valence electrons. The number of rotatable bonds is 4. The Balaban J connectivity index is 1.68. The van der Waals surface area contributed by atoms with E-state index in [1.807, 2.05) is 67.7 Å². The van der Waals surface area contributed by atoms with Crippen LogP contribution in [0.1, 0.15) is 21.7 Å². The Morgan fingerprint density at radius 2 is 1.82 bits per heavy atom. The van der Waals surface area contributed by atoms with Crippen LogP contribution in [0.3, 0.4) is 0 Å². The number of aryl methyl sites for hydroxylation is 1. The van der Waals surface area contributed by atoms with Gasteiger partial charge in [-0.05, 0) is 36.8 Å². The van der Waals surface area contributed by atoms with Gasteiger partial charge in [0.05, 0.1) is 0 Å². The summed E-state index contributed by atoms with van der Waals surface area (Å²) >= 11 is 0. The number of hydrogen-bond donors (Lipinski definition) is 1. The van der Waals surface area contributed by atoms with Crippen LogP contribution in [-0.2, 0) is 6.54 Å². The van der Waals surface area contributed by atoms with Crippen molar-refractivity contribution in [2.24, 2.45) is 0 Å². The Kier molecular flexibility index (Phi) is 4.01. The molecule has 1 aromatic heterocycles. The van der Waals surface area contributed by atoms with Gasteiger partial charge in [0.2, 0.25) is 0 Å². The fraction of sp³-hybridized carbons (Fsp3) is 0.111. The van der Waals surface area contributed by atoms with E-state index in [-0.39, 0.29) is 5.91 Å². The lowest BCUT2D eigenvalue weighted by Crippen LogP contribution is -2.11. The third-order valence-corrected chi connectivity index (χ3v) is 3.52. The second-order valence-electron chi connectivity index (χ2n) is 5.12. The molecule has 0 aliphatic carbocycles. The average molecular weight is 291 g/mol. The minimum absolute atomic E-state index is 0.100. The molecule has 3 rings (SSSR count). The van der Waals surface area contributed by atoms with Gasteiger partial charge in [0.25, 0.3) is 5.91 Å². The van der Waals surface area contributed by atoms with Crippen LogP contribution in [-0.4, -0.2) is 15.5 Å². The Bertz CT molecular complexity index is 761. The molecule has 1 amide bonds. The van der Waals surface area contributed by atoms with Crippen molar-refractivity contribution in [3.8, 4) is 0 Å². The highest BCUT2D eigenvalue weighted by atomic mass is 16.1. The number of amides is 1. The topological polar surface area (TPSA) is 46.9 Å². The van der Waals surface area contributed by atoms with E-state index < -0.39 is 0 Å². The second-order valence-corrected chi connectivity index (χ2v) is 5.12. The smallest absolute Gasteiger partial charge is 0.255 e. The Morgan fingerprint density at radius 1 is 1.09 bits per heavy atom. The molecule has 0 atom stereocenters. The maximum atomic E-state index is 12.2. The lowest BCUT2D eigenvalue weighted by molar-refractivity contribution is 0.102. The number of nitrogens with one attached hydrogen (secondary N) is 1. The number of para-hydroxylation sites is 1. The summed E-state index contributed by atoms with van der Waals surface area (Å²) in [5.74, 6) is 0.877. The molecule has 0 spiro atoms. The first-order chi connectivity index (χ1) is 10.7. The van der Waals surface area contributed by atoms with E-state index in [1.165, 1.54) is 0 Å². The number of aromatic nitrogens is 2. The first-order valence-electron chi connectivity index (χ1n) is 7.15. The largest absolute Gasteiger partial charge is 0.331 e. The summed E-state index contributed by atoms with van der Waals surface area (Å²) < 4.78 is 2.07. The molecule has 22 heavy (non-hydrogen) atoms. The molecular formula is C18H17N3O. The number of hydrogen-bond acceptors (Lipinski definition) is 2. The SMILES string of the molecule is Cc1nccn1Cc1ccc(C(=O)Nc2ccccc2)cc1. The van der Waals surface area contributed by atoms with Gasteiger partial charge in [-0.3, -0.25) is 4.79 Å². The molecule has 3 aromatic rings. The van der Waals surface area contributed by atoms with E-state index in [0.29, 0.717) is 5.56 Å². The lowest BCUT2D eigenvalue weighted by Gasteiger charge is -2.07. The highest BCUT2D eigenvalue weighted by Crippen LogP contribution is 2.11. The minimum Gasteiger partial charge on any atom is -0.331 e. The van der Waals surface area contributed by atoms with Crippen molar-refractivity contribution in [3.63, 3.8) is 0 Å². The van der Waals surface area contributed by atoms with Crippen molar-refractivity contribution in [2.45, 2.75) is 13.5 Å². The highest BCUT2D eigenvalue weighted by Gasteiger charge is 2.06. The van der Waals surface area contributed by atoms with E-state index in [1.54, 1.807) is 6.20 Å². The van der Waals surface area contributed by atoms with Crippen molar-refractivity contribution in [1.29, 1.82) is 0 Å². The summed E-state index contributed by atoms with van der Waals surface area (Å²) in [5.41, 5.74) is 2.58. The molecule has 4 heteroatoms. The van der Waals surface area contributed by atoms with Gasteiger partial charge in [-0.25, -0.2) is 4.98 Å². The number of benzene rings is 2. The van der Waals surface area contributed by atoms with E-state index in [0.717, 1.165) is 23.6 Å². The van der Waals surface area contributed by atoms with E-state index in [2.05, 4.69) is 14.9 Å². The van der Waals surface area contributed by atoms with Gasteiger partial charge >= 0.3 is 0 Å². The van der Waals surface area contributed by atoms with Crippen LogP contribution in [0.25, 0.3) is 0 Å². The molecule has 0 aliphatic heterocycles. The standard InChI is InChI=1S/C18H17N3O/c1-14-19-11-12-21(14)13-15-7-9-16(10-8-15)18(22)20-17-5-3-2-4-6-17/h2-12H,13H2,1H3,(H,20,22). The van der Waals surface area contributed by atoms with Crippen LogP contribution in [0.15, 0.2) is 67.0 Å². The van der Waals surface area contributed by atoms with Crippen LogP contribution in [0, 0.1) is 6.92 Å². The third-order valence-electron chi connectivity index (χ3n) is 3.52. The predicted octanol–water partition coefficient (Wildman–Crippen LogP) is 3.49. The van der Waals surface area contributed by atoms with Gasteiger partial charge in [-0.2, -0.15) is 0 Å². The molecule has 0 saturated carbocycles. The van der Waals surface area contributed by atoms with Crippen LogP contribution in [0.2, 0.25) is 0 Å². The summed E-state index contributed by atoms with van der Waals surface area (Å²) in [7, 11) is 0. The van der Waals surface area contributed by atoms with Crippen molar-refractivity contribution in [2.75, 3.05) is 5.32 Å². The molecule has 0 fully saturated rings. The molecule has 1 heterocycles. The predicted molar refractivity (Wildman–Crippen MR) is 86.9 cm³/mol. The van der Waals surface area contributed by atoms with Gasteiger partial charge in [0.1, 0.15) is 5.82 Å². The van der Waals surface area contributed by atoms with Crippen molar-refractivity contribution in [3.05, 3.63) is 83.9 Å². The summed E-state index contributed by atoms with van der Waals surface area (Å²) in [4.78, 5) is 16.4. The van der Waals surface area contributed by atoms with Crippen LogP contribution in [0.4, 0.5) is 5.69 Å². The van der Waals surface area contributed by atoms with Crippen molar-refractivity contribution < 1.29 is 4.79 Å². The Hall–Kier alpha value is -2.88. The summed E-state index contributed by atoms with van der Waals surface area (Å²) in [6, 6.07) is 17.1. The monoisotopic (exact) mass is 291 g/mol. The first-order valence-corrected chi connectivity index (χ1v) is 7.15. The average Bonchev–Trinajstić information content (AvgIpc) is 2.94. The number of anilines is 1. The summed E-state index contributed by atoms with van der Waals surface area (Å²) in [6.07, 6.45) is 3.74. The normalized spacial score (nSPS) is 10.4. The van der Waals surface area contributed by atoms with Gasteiger partial charge in [-0.1, -0.05) is 30.3 Å². The van der Waals surface area contributed by atoms with Gasteiger partial charge in [0.15, 0.2) is 0 Å². The molecule has 4 nitrogen and oxygen atoms in total. The second kappa shape index (κ2) is 6.26. The molecule has 0 saturated heterocycles. The van der Waals surface area contributed by atoms with Gasteiger partial charge in [0, 0.05) is 30.2 Å². The maximum absolute atomic E-state index is 12.2. The van der Waals surface area contributed by atoms with Crippen LogP contribution < -0.4 is 5.32 Å². The molecule has 2 aromatic carbocycles. The third kappa shape index (κ3) is 3.23. The van der Waals surface area contributed by atoms with Crippen molar-refractivity contribution >= 4 is 11.6 Å². The fourth-order valence-electron chi connectivity index (χ4n) is 2.25. The number of nitrogens with zero attached hydrogens (tertiary/aromatic N) is 2. The molecule has 0 aliphatic rings. The van der Waals surface area contributed by atoms with E-state index in [4.69, 9.17) is 0 Å². The van der Waals surface area contributed by atoms with Crippen LogP contribution in [0.5, 0.6) is 0 Å². The molecule has 0 radical (unpaired) electrons. The Labute approximate surface area is 129 Å². The number of imidazole rings is 1. The quantitative estimate of drug-likeness (QED) is 0.800. The number of carbonyl (C=O) groups is 1. The highest BCUT2D eigenvalue weighted by molar-refractivity contribution is 6.04. The first kappa shape index (κ1) is 14.1. The van der Waals surface area contributed by atoms with E-state index in [9.17, 15) is 4.79 Å². The zero-order valence-electron chi connectivity index (χ0n) is 12.4. The number of carbonyl (C=O) groups excluding carboxylic acids is 1. The zero-order chi connectivity index (χ0) is 15.4. The van der Waals surface area contributed by atoms with Gasteiger partial charge < -0.3 is 9.88 Å². The zero-order valence-corrected chi connectivity index (χ0v) is 12.4. The Morgan fingerprint density at radius 3 is 2.45 bits per heavy atom. The lowest BCUT2D eigenvalue weighted by atomic mass is 10.1. The molecule has 0 bridgehead atoms. The van der Waals surface area contributed by atoms with Gasteiger partial charge in [-0.15, -0.1) is 0 Å². The van der Waals surface area contributed by atoms with E-state index >= 15 is 0 Å². The van der Waals surface area contributed by atoms with Crippen molar-refractivity contribution in [1.82, 2.24) is 9.55 Å². The molecule has 1 N–H and O–H groups in total. The molecular weight excluding hydrogens is 274 g/mol.